The number of thiophene rings is 1. The Hall–Kier alpha value is -2.30. The van der Waals surface area contributed by atoms with Gasteiger partial charge in [-0.15, -0.1) is 11.3 Å². The first-order valence-corrected chi connectivity index (χ1v) is 11.1. The van der Waals surface area contributed by atoms with Crippen molar-refractivity contribution in [2.24, 2.45) is 0 Å². The molecule has 0 amide bonds. The van der Waals surface area contributed by atoms with Gasteiger partial charge in [0.25, 0.3) is 0 Å². The molecule has 28 heavy (non-hydrogen) atoms. The molecule has 0 bridgehead atoms. The molecule has 0 spiro atoms. The molecular formula is C18H18F2N4O2S2. The first-order chi connectivity index (χ1) is 13.4. The van der Waals surface area contributed by atoms with Gasteiger partial charge >= 0.3 is 0 Å². The van der Waals surface area contributed by atoms with Gasteiger partial charge in [-0.2, -0.15) is 5.10 Å². The minimum atomic E-state index is -4.27. The van der Waals surface area contributed by atoms with E-state index in [1.54, 1.807) is 11.3 Å². The third kappa shape index (κ3) is 3.80. The number of halogens is 2. The van der Waals surface area contributed by atoms with Crippen molar-refractivity contribution in [2.45, 2.75) is 23.8 Å². The highest BCUT2D eigenvalue weighted by Crippen LogP contribution is 2.27. The third-order valence-corrected chi connectivity index (χ3v) is 7.15. The highest BCUT2D eigenvalue weighted by atomic mass is 32.2. The van der Waals surface area contributed by atoms with Crippen LogP contribution in [0.5, 0.6) is 0 Å². The number of nitrogens with one attached hydrogen (secondary N) is 2. The number of nitrogens with zero attached hydrogens (tertiary/aromatic N) is 2. The maximum Gasteiger partial charge on any atom is 0.246 e. The van der Waals surface area contributed by atoms with Gasteiger partial charge in [0, 0.05) is 25.2 Å². The molecule has 0 aliphatic carbocycles. The predicted octanol–water partition coefficient (Wildman–Crippen LogP) is 3.36. The van der Waals surface area contributed by atoms with Gasteiger partial charge in [0.05, 0.1) is 10.6 Å². The van der Waals surface area contributed by atoms with Crippen molar-refractivity contribution in [3.05, 3.63) is 53.4 Å². The van der Waals surface area contributed by atoms with Gasteiger partial charge in [0.2, 0.25) is 10.0 Å². The molecule has 1 aromatic carbocycles. The fraction of sp³-hybridized carbons (Fsp3) is 0.278. The van der Waals surface area contributed by atoms with Crippen LogP contribution in [-0.4, -0.2) is 37.7 Å². The van der Waals surface area contributed by atoms with Crippen molar-refractivity contribution >= 4 is 27.2 Å². The predicted molar refractivity (Wildman–Crippen MR) is 104 cm³/mol. The summed E-state index contributed by atoms with van der Waals surface area (Å²) >= 11 is 1.62. The zero-order chi connectivity index (χ0) is 19.7. The molecule has 0 saturated carbocycles. The molecule has 1 fully saturated rings. The molecule has 6 nitrogen and oxygen atoms in total. The third-order valence-electron chi connectivity index (χ3n) is 4.68. The van der Waals surface area contributed by atoms with E-state index in [4.69, 9.17) is 0 Å². The summed E-state index contributed by atoms with van der Waals surface area (Å²) in [5.74, 6) is -1.39. The van der Waals surface area contributed by atoms with Crippen LogP contribution in [0.15, 0.2) is 46.7 Å². The first kappa shape index (κ1) is 19.0. The summed E-state index contributed by atoms with van der Waals surface area (Å²) in [7, 11) is -4.27. The van der Waals surface area contributed by atoms with E-state index in [0.717, 1.165) is 34.6 Å². The van der Waals surface area contributed by atoms with E-state index >= 15 is 0 Å². The molecular weight excluding hydrogens is 406 g/mol. The van der Waals surface area contributed by atoms with Crippen molar-refractivity contribution in [1.82, 2.24) is 14.9 Å². The standard InChI is InChI=1S/C18H18F2N4O2S2/c19-13-3-1-4-14(20)18(13)28(25,26)23-12-6-8-24(9-7-12)17-11-15(21-22-17)16-5-2-10-27-16/h1-5,10-12,23H,6-9H2,(H,21,22). The van der Waals surface area contributed by atoms with E-state index in [1.807, 2.05) is 23.6 Å². The van der Waals surface area contributed by atoms with Crippen LogP contribution in [0.1, 0.15) is 12.8 Å². The summed E-state index contributed by atoms with van der Waals surface area (Å²) in [6.45, 7) is 1.17. The van der Waals surface area contributed by atoms with Crippen LogP contribution in [0.4, 0.5) is 14.6 Å². The van der Waals surface area contributed by atoms with Crippen molar-refractivity contribution in [1.29, 1.82) is 0 Å². The molecule has 1 aliphatic heterocycles. The summed E-state index contributed by atoms with van der Waals surface area (Å²) in [6.07, 6.45) is 1.02. The molecule has 0 atom stereocenters. The van der Waals surface area contributed by atoms with Crippen LogP contribution in [-0.2, 0) is 10.0 Å². The van der Waals surface area contributed by atoms with Gasteiger partial charge in [-0.3, -0.25) is 5.10 Å². The largest absolute Gasteiger partial charge is 0.355 e. The number of H-pyrrole nitrogens is 1. The molecule has 2 aromatic heterocycles. The van der Waals surface area contributed by atoms with E-state index in [2.05, 4.69) is 19.8 Å². The van der Waals surface area contributed by atoms with Gasteiger partial charge in [0.15, 0.2) is 10.7 Å². The SMILES string of the molecule is O=S(=O)(NC1CCN(c2cc(-c3cccs3)[nH]n2)CC1)c1c(F)cccc1F. The monoisotopic (exact) mass is 424 g/mol. The Bertz CT molecular complexity index is 1040. The first-order valence-electron chi connectivity index (χ1n) is 8.74. The Morgan fingerprint density at radius 1 is 1.14 bits per heavy atom. The van der Waals surface area contributed by atoms with Gasteiger partial charge in [-0.1, -0.05) is 12.1 Å². The van der Waals surface area contributed by atoms with Crippen molar-refractivity contribution in [3.8, 4) is 10.6 Å². The number of anilines is 1. The second kappa shape index (κ2) is 7.61. The number of benzene rings is 1. The van der Waals surface area contributed by atoms with E-state index in [9.17, 15) is 17.2 Å². The highest BCUT2D eigenvalue weighted by molar-refractivity contribution is 7.89. The lowest BCUT2D eigenvalue weighted by molar-refractivity contribution is 0.452. The average molecular weight is 424 g/mol. The maximum atomic E-state index is 13.8. The lowest BCUT2D eigenvalue weighted by atomic mass is 10.1. The Morgan fingerprint density at radius 3 is 2.50 bits per heavy atom. The fourth-order valence-electron chi connectivity index (χ4n) is 3.28. The highest BCUT2D eigenvalue weighted by Gasteiger charge is 2.29. The average Bonchev–Trinajstić information content (AvgIpc) is 3.33. The van der Waals surface area contributed by atoms with Crippen LogP contribution < -0.4 is 9.62 Å². The number of aromatic nitrogens is 2. The maximum absolute atomic E-state index is 13.8. The Labute approximate surface area is 165 Å². The van der Waals surface area contributed by atoms with Crippen molar-refractivity contribution < 1.29 is 17.2 Å². The van der Waals surface area contributed by atoms with Crippen LogP contribution in [0.25, 0.3) is 10.6 Å². The minimum Gasteiger partial charge on any atom is -0.355 e. The molecule has 0 unspecified atom stereocenters. The summed E-state index contributed by atoms with van der Waals surface area (Å²) in [4.78, 5) is 2.22. The number of piperidine rings is 1. The molecule has 1 saturated heterocycles. The van der Waals surface area contributed by atoms with E-state index in [0.29, 0.717) is 25.9 Å². The number of sulfonamides is 1. The quantitative estimate of drug-likeness (QED) is 0.658. The molecule has 0 radical (unpaired) electrons. The van der Waals surface area contributed by atoms with Crippen molar-refractivity contribution in [3.63, 3.8) is 0 Å². The van der Waals surface area contributed by atoms with Crippen molar-refractivity contribution in [2.75, 3.05) is 18.0 Å². The number of hydrogen-bond donors (Lipinski definition) is 2. The molecule has 2 N–H and O–H groups in total. The Kier molecular flexibility index (Phi) is 5.17. The summed E-state index contributed by atoms with van der Waals surface area (Å²) in [6, 6.07) is 8.55. The summed E-state index contributed by atoms with van der Waals surface area (Å²) in [5.41, 5.74) is 0.933. The smallest absolute Gasteiger partial charge is 0.246 e. The molecule has 3 heterocycles. The molecule has 148 valence electrons. The summed E-state index contributed by atoms with van der Waals surface area (Å²) in [5, 5.41) is 9.34. The van der Waals surface area contributed by atoms with Crippen LogP contribution in [0, 0.1) is 11.6 Å². The second-order valence-electron chi connectivity index (χ2n) is 6.55. The van der Waals surface area contributed by atoms with Crippen LogP contribution in [0.2, 0.25) is 0 Å². The minimum absolute atomic E-state index is 0.393. The molecule has 3 aromatic rings. The molecule has 4 rings (SSSR count). The normalized spacial score (nSPS) is 15.9. The van der Waals surface area contributed by atoms with Gasteiger partial charge in [-0.05, 0) is 36.4 Å². The fourth-order valence-corrected chi connectivity index (χ4v) is 5.41. The van der Waals surface area contributed by atoms with Gasteiger partial charge in [-0.25, -0.2) is 21.9 Å². The van der Waals surface area contributed by atoms with Gasteiger partial charge < -0.3 is 4.90 Å². The second-order valence-corrected chi connectivity index (χ2v) is 9.15. The van der Waals surface area contributed by atoms with Crippen LogP contribution >= 0.6 is 11.3 Å². The zero-order valence-corrected chi connectivity index (χ0v) is 16.4. The number of aromatic amines is 1. The van der Waals surface area contributed by atoms with E-state index in [1.165, 1.54) is 0 Å². The molecule has 10 heteroatoms. The Morgan fingerprint density at radius 2 is 1.86 bits per heavy atom. The van der Waals surface area contributed by atoms with Crippen LogP contribution in [0.3, 0.4) is 0 Å². The van der Waals surface area contributed by atoms with E-state index < -0.39 is 32.6 Å². The summed E-state index contributed by atoms with van der Waals surface area (Å²) < 4.78 is 54.9. The lowest BCUT2D eigenvalue weighted by Crippen LogP contribution is -2.45. The number of rotatable bonds is 5. The zero-order valence-electron chi connectivity index (χ0n) is 14.7. The topological polar surface area (TPSA) is 78.1 Å². The number of hydrogen-bond acceptors (Lipinski definition) is 5. The molecule has 1 aliphatic rings. The van der Waals surface area contributed by atoms with E-state index in [-0.39, 0.29) is 0 Å². The van der Waals surface area contributed by atoms with Gasteiger partial charge in [0.1, 0.15) is 11.6 Å². The Balaban J connectivity index is 1.41. The lowest BCUT2D eigenvalue weighted by Gasteiger charge is -2.32.